The second-order valence-electron chi connectivity index (χ2n) is 6.26. The summed E-state index contributed by atoms with van der Waals surface area (Å²) in [7, 11) is 3.60. The molecule has 8 nitrogen and oxygen atoms in total. The normalized spacial score (nSPS) is 12.3. The third-order valence-corrected chi connectivity index (χ3v) is 4.21. The number of amides is 1. The van der Waals surface area contributed by atoms with E-state index in [4.69, 9.17) is 4.74 Å². The minimum atomic E-state index is -0.207. The van der Waals surface area contributed by atoms with Crippen molar-refractivity contribution >= 4 is 22.9 Å². The number of benzene rings is 1. The van der Waals surface area contributed by atoms with Gasteiger partial charge in [0.1, 0.15) is 5.82 Å². The van der Waals surface area contributed by atoms with Crippen LogP contribution < -0.4 is 10.6 Å². The quantitative estimate of drug-likeness (QED) is 0.564. The van der Waals surface area contributed by atoms with Gasteiger partial charge in [-0.05, 0) is 32.0 Å². The Morgan fingerprint density at radius 1 is 1.42 bits per heavy atom. The Hall–Kier alpha value is -2.87. The molecule has 0 spiro atoms. The van der Waals surface area contributed by atoms with Gasteiger partial charge in [-0.25, -0.2) is 9.97 Å². The van der Waals surface area contributed by atoms with E-state index in [1.807, 2.05) is 31.5 Å². The summed E-state index contributed by atoms with van der Waals surface area (Å²) in [5, 5.41) is 6.18. The maximum atomic E-state index is 12.6. The van der Waals surface area contributed by atoms with E-state index in [0.717, 1.165) is 28.5 Å². The van der Waals surface area contributed by atoms with Crippen molar-refractivity contribution < 1.29 is 9.53 Å². The lowest BCUT2D eigenvalue weighted by Crippen LogP contribution is -2.27. The molecule has 138 valence electrons. The molecule has 0 aliphatic heterocycles. The molecule has 1 atom stereocenters. The van der Waals surface area contributed by atoms with Crippen molar-refractivity contribution in [2.45, 2.75) is 19.9 Å². The molecule has 0 saturated carbocycles. The van der Waals surface area contributed by atoms with E-state index in [-0.39, 0.29) is 11.9 Å². The number of H-pyrrole nitrogens is 1. The largest absolute Gasteiger partial charge is 0.383 e. The summed E-state index contributed by atoms with van der Waals surface area (Å²) in [6, 6.07) is 5.30. The Morgan fingerprint density at radius 3 is 2.92 bits per heavy atom. The zero-order valence-corrected chi connectivity index (χ0v) is 15.5. The van der Waals surface area contributed by atoms with Gasteiger partial charge in [-0.2, -0.15) is 0 Å². The molecular formula is C18H24N6O2. The van der Waals surface area contributed by atoms with Crippen LogP contribution in [0, 0.1) is 6.92 Å². The van der Waals surface area contributed by atoms with Crippen molar-refractivity contribution in [3.8, 4) is 0 Å². The van der Waals surface area contributed by atoms with Crippen LogP contribution in [0.4, 0.5) is 5.95 Å². The van der Waals surface area contributed by atoms with Crippen LogP contribution in [0.15, 0.2) is 24.4 Å². The Balaban J connectivity index is 1.76. The number of fused-ring (bicyclic) bond motifs is 1. The number of carbonyl (C=O) groups excluding carboxylic acids is 1. The van der Waals surface area contributed by atoms with E-state index in [1.165, 1.54) is 0 Å². The summed E-state index contributed by atoms with van der Waals surface area (Å²) < 4.78 is 7.00. The van der Waals surface area contributed by atoms with Crippen LogP contribution in [0.25, 0.3) is 11.0 Å². The first-order chi connectivity index (χ1) is 12.5. The molecule has 3 rings (SSSR count). The third-order valence-electron chi connectivity index (χ3n) is 4.21. The van der Waals surface area contributed by atoms with Crippen LogP contribution in [0.2, 0.25) is 0 Å². The minimum absolute atomic E-state index is 0.159. The van der Waals surface area contributed by atoms with Gasteiger partial charge in [0.25, 0.3) is 5.91 Å². The third kappa shape index (κ3) is 3.70. The number of anilines is 1. The number of nitrogens with zero attached hydrogens (tertiary/aromatic N) is 3. The molecule has 3 aromatic rings. The average Bonchev–Trinajstić information content (AvgIpc) is 3.19. The van der Waals surface area contributed by atoms with E-state index >= 15 is 0 Å². The number of aromatic nitrogens is 4. The highest BCUT2D eigenvalue weighted by atomic mass is 16.5. The fourth-order valence-corrected chi connectivity index (χ4v) is 2.77. The minimum Gasteiger partial charge on any atom is -0.383 e. The molecule has 0 aliphatic rings. The first-order valence-electron chi connectivity index (χ1n) is 8.51. The summed E-state index contributed by atoms with van der Waals surface area (Å²) in [4.78, 5) is 24.5. The van der Waals surface area contributed by atoms with Crippen LogP contribution in [0.1, 0.15) is 34.8 Å². The zero-order valence-electron chi connectivity index (χ0n) is 15.5. The molecule has 8 heteroatoms. The molecule has 0 saturated heterocycles. The first-order valence-corrected chi connectivity index (χ1v) is 8.51. The Morgan fingerprint density at radius 2 is 2.23 bits per heavy atom. The number of hydrogen-bond donors (Lipinski definition) is 3. The number of ether oxygens (including phenoxy) is 1. The van der Waals surface area contributed by atoms with E-state index in [9.17, 15) is 4.79 Å². The van der Waals surface area contributed by atoms with Gasteiger partial charge < -0.3 is 24.9 Å². The summed E-state index contributed by atoms with van der Waals surface area (Å²) in [6.07, 6.45) is 1.75. The van der Waals surface area contributed by atoms with Crippen molar-refractivity contribution in [3.63, 3.8) is 0 Å². The van der Waals surface area contributed by atoms with Gasteiger partial charge in [0.05, 0.1) is 23.7 Å². The lowest BCUT2D eigenvalue weighted by Gasteiger charge is -2.11. The number of nitrogens with one attached hydrogen (secondary N) is 3. The molecule has 0 unspecified atom stereocenters. The summed E-state index contributed by atoms with van der Waals surface area (Å²) in [6.45, 7) is 5.09. The van der Waals surface area contributed by atoms with Crippen LogP contribution in [-0.4, -0.2) is 45.7 Å². The highest BCUT2D eigenvalue weighted by Gasteiger charge is 2.15. The molecule has 0 bridgehead atoms. The highest BCUT2D eigenvalue weighted by molar-refractivity contribution is 5.97. The van der Waals surface area contributed by atoms with E-state index in [2.05, 4.69) is 25.6 Å². The van der Waals surface area contributed by atoms with Crippen molar-refractivity contribution in [2.75, 3.05) is 25.6 Å². The number of methoxy groups -OCH3 is 1. The predicted octanol–water partition coefficient (Wildman–Crippen LogP) is 2.15. The molecule has 1 aromatic carbocycles. The summed E-state index contributed by atoms with van der Waals surface area (Å²) in [5.41, 5.74) is 3.25. The molecule has 26 heavy (non-hydrogen) atoms. The second kappa shape index (κ2) is 7.57. The molecule has 2 heterocycles. The highest BCUT2D eigenvalue weighted by Crippen LogP contribution is 2.20. The van der Waals surface area contributed by atoms with Crippen LogP contribution in [0.3, 0.4) is 0 Å². The van der Waals surface area contributed by atoms with Crippen molar-refractivity contribution in [1.82, 2.24) is 24.8 Å². The average molecular weight is 356 g/mol. The van der Waals surface area contributed by atoms with Crippen molar-refractivity contribution in [1.29, 1.82) is 0 Å². The number of hydrogen-bond acceptors (Lipinski definition) is 5. The van der Waals surface area contributed by atoms with Gasteiger partial charge in [-0.3, -0.25) is 4.79 Å². The lowest BCUT2D eigenvalue weighted by atomic mass is 10.1. The van der Waals surface area contributed by atoms with Gasteiger partial charge >= 0.3 is 0 Å². The fourth-order valence-electron chi connectivity index (χ4n) is 2.77. The number of rotatable bonds is 7. The maximum absolute atomic E-state index is 12.6. The molecule has 0 aliphatic carbocycles. The van der Waals surface area contributed by atoms with Gasteiger partial charge in [0.15, 0.2) is 0 Å². The first kappa shape index (κ1) is 17.9. The Bertz CT molecular complexity index is 914. The van der Waals surface area contributed by atoms with Crippen molar-refractivity contribution in [3.05, 3.63) is 41.5 Å². The predicted molar refractivity (Wildman–Crippen MR) is 100 cm³/mol. The molecule has 0 radical (unpaired) electrons. The SMILES string of the molecule is COCCNc1nc2cc(C(=O)N[C@@H](C)c3ncc(C)[nH]3)ccc2n1C. The Labute approximate surface area is 152 Å². The van der Waals surface area contributed by atoms with Crippen LogP contribution in [-0.2, 0) is 11.8 Å². The molecule has 1 amide bonds. The van der Waals surface area contributed by atoms with E-state index in [1.54, 1.807) is 25.4 Å². The smallest absolute Gasteiger partial charge is 0.251 e. The summed E-state index contributed by atoms with van der Waals surface area (Å²) in [5.74, 6) is 1.32. The molecular weight excluding hydrogens is 332 g/mol. The van der Waals surface area contributed by atoms with Gasteiger partial charge in [-0.15, -0.1) is 0 Å². The van der Waals surface area contributed by atoms with Crippen molar-refractivity contribution in [2.24, 2.45) is 7.05 Å². The van der Waals surface area contributed by atoms with Gasteiger partial charge in [0.2, 0.25) is 5.95 Å². The Kier molecular flexibility index (Phi) is 5.22. The number of imidazole rings is 2. The number of aromatic amines is 1. The molecule has 0 fully saturated rings. The number of aryl methyl sites for hydroxylation is 2. The maximum Gasteiger partial charge on any atom is 0.251 e. The topological polar surface area (TPSA) is 96.9 Å². The number of carbonyl (C=O) groups is 1. The summed E-state index contributed by atoms with van der Waals surface area (Å²) >= 11 is 0. The molecule has 3 N–H and O–H groups in total. The lowest BCUT2D eigenvalue weighted by molar-refractivity contribution is 0.0938. The van der Waals surface area contributed by atoms with Crippen LogP contribution in [0.5, 0.6) is 0 Å². The van der Waals surface area contributed by atoms with Gasteiger partial charge in [0, 0.05) is 38.2 Å². The second-order valence-corrected chi connectivity index (χ2v) is 6.26. The van der Waals surface area contributed by atoms with Gasteiger partial charge in [-0.1, -0.05) is 0 Å². The van der Waals surface area contributed by atoms with E-state index < -0.39 is 0 Å². The van der Waals surface area contributed by atoms with E-state index in [0.29, 0.717) is 18.7 Å². The standard InChI is InChI=1S/C18H24N6O2/c1-11-10-20-16(21-11)12(2)22-17(25)13-5-6-15-14(9-13)23-18(24(15)3)19-7-8-26-4/h5-6,9-10,12H,7-8H2,1-4H3,(H,19,23)(H,20,21)(H,22,25)/t12-/m0/s1. The fraction of sp³-hybridized carbons (Fsp3) is 0.389. The zero-order chi connectivity index (χ0) is 18.7. The molecule has 2 aromatic heterocycles. The van der Waals surface area contributed by atoms with Crippen LogP contribution >= 0.6 is 0 Å². The monoisotopic (exact) mass is 356 g/mol.